The number of benzene rings is 2. The van der Waals surface area contributed by atoms with Crippen LogP contribution in [-0.4, -0.2) is 15.8 Å². The van der Waals surface area contributed by atoms with Crippen LogP contribution in [0.2, 0.25) is 0 Å². The SMILES string of the molecule is CC(F)(F)c1cccc(Sc2ccc(CN3Cc4nc(C(F)(F)F)ccc4C3=O)cc2)c1. The second kappa shape index (κ2) is 8.20. The van der Waals surface area contributed by atoms with Gasteiger partial charge in [-0.15, -0.1) is 0 Å². The molecule has 0 saturated carbocycles. The molecule has 0 spiro atoms. The van der Waals surface area contributed by atoms with E-state index >= 15 is 0 Å². The summed E-state index contributed by atoms with van der Waals surface area (Å²) < 4.78 is 65.7. The maximum Gasteiger partial charge on any atom is 0.433 e. The molecule has 0 aliphatic carbocycles. The van der Waals surface area contributed by atoms with Gasteiger partial charge in [0.2, 0.25) is 0 Å². The van der Waals surface area contributed by atoms with Gasteiger partial charge in [0, 0.05) is 28.8 Å². The van der Waals surface area contributed by atoms with E-state index in [9.17, 15) is 26.7 Å². The summed E-state index contributed by atoms with van der Waals surface area (Å²) >= 11 is 1.33. The minimum absolute atomic E-state index is 0.00656. The third kappa shape index (κ3) is 4.77. The highest BCUT2D eigenvalue weighted by molar-refractivity contribution is 7.99. The number of carbonyl (C=O) groups is 1. The molecule has 0 unspecified atom stereocenters. The number of fused-ring (bicyclic) bond motifs is 1. The summed E-state index contributed by atoms with van der Waals surface area (Å²) in [6.07, 6.45) is -4.56. The van der Waals surface area contributed by atoms with Crippen molar-refractivity contribution in [1.29, 1.82) is 0 Å². The van der Waals surface area contributed by atoms with Crippen molar-refractivity contribution in [2.24, 2.45) is 0 Å². The van der Waals surface area contributed by atoms with Gasteiger partial charge in [-0.1, -0.05) is 36.0 Å². The molecule has 2 heterocycles. The highest BCUT2D eigenvalue weighted by atomic mass is 32.2. The minimum atomic E-state index is -4.56. The molecule has 3 aromatic rings. The van der Waals surface area contributed by atoms with Crippen LogP contribution in [0.1, 0.15) is 39.8 Å². The van der Waals surface area contributed by atoms with E-state index in [4.69, 9.17) is 0 Å². The van der Waals surface area contributed by atoms with Crippen LogP contribution < -0.4 is 0 Å². The topological polar surface area (TPSA) is 33.2 Å². The number of rotatable bonds is 5. The van der Waals surface area contributed by atoms with Gasteiger partial charge < -0.3 is 4.90 Å². The van der Waals surface area contributed by atoms with Gasteiger partial charge in [-0.2, -0.15) is 13.2 Å². The highest BCUT2D eigenvalue weighted by Crippen LogP contribution is 2.34. The van der Waals surface area contributed by atoms with Crippen molar-refractivity contribution in [2.45, 2.75) is 41.9 Å². The van der Waals surface area contributed by atoms with E-state index in [0.717, 1.165) is 23.4 Å². The van der Waals surface area contributed by atoms with Gasteiger partial charge >= 0.3 is 6.18 Å². The molecule has 166 valence electrons. The maximum absolute atomic E-state index is 13.5. The monoisotopic (exact) mass is 464 g/mol. The Bertz CT molecular complexity index is 1160. The number of hydrogen-bond acceptors (Lipinski definition) is 3. The van der Waals surface area contributed by atoms with E-state index < -0.39 is 17.8 Å². The molecule has 1 aromatic heterocycles. The van der Waals surface area contributed by atoms with Crippen molar-refractivity contribution in [3.8, 4) is 0 Å². The Hall–Kier alpha value is -2.94. The Morgan fingerprint density at radius 3 is 2.34 bits per heavy atom. The first-order valence-corrected chi connectivity index (χ1v) is 10.4. The Morgan fingerprint density at radius 1 is 0.969 bits per heavy atom. The van der Waals surface area contributed by atoms with Gasteiger partial charge in [-0.25, -0.2) is 13.8 Å². The van der Waals surface area contributed by atoms with Crippen LogP contribution in [0.4, 0.5) is 22.0 Å². The first-order chi connectivity index (χ1) is 15.0. The Labute approximate surface area is 185 Å². The summed E-state index contributed by atoms with van der Waals surface area (Å²) in [5, 5.41) is 0. The Balaban J connectivity index is 1.44. The van der Waals surface area contributed by atoms with Crippen LogP contribution in [0.15, 0.2) is 70.5 Å². The fourth-order valence-electron chi connectivity index (χ4n) is 3.38. The smallest absolute Gasteiger partial charge is 0.328 e. The number of alkyl halides is 5. The van der Waals surface area contributed by atoms with Crippen molar-refractivity contribution in [3.05, 3.63) is 88.7 Å². The molecule has 0 saturated heterocycles. The van der Waals surface area contributed by atoms with Gasteiger partial charge in [0.15, 0.2) is 0 Å². The zero-order valence-corrected chi connectivity index (χ0v) is 17.6. The second-order valence-corrected chi connectivity index (χ2v) is 8.66. The lowest BCUT2D eigenvalue weighted by Crippen LogP contribution is -2.23. The molecular weight excluding hydrogens is 447 g/mol. The quantitative estimate of drug-likeness (QED) is 0.403. The molecule has 0 radical (unpaired) electrons. The van der Waals surface area contributed by atoms with Crippen molar-refractivity contribution in [3.63, 3.8) is 0 Å². The predicted molar refractivity (Wildman–Crippen MR) is 109 cm³/mol. The zero-order valence-electron chi connectivity index (χ0n) is 16.8. The molecule has 1 aliphatic heterocycles. The van der Waals surface area contributed by atoms with E-state index in [1.54, 1.807) is 24.3 Å². The number of carbonyl (C=O) groups excluding carboxylic acids is 1. The lowest BCUT2D eigenvalue weighted by Gasteiger charge is -2.15. The summed E-state index contributed by atoms with van der Waals surface area (Å²) in [6.45, 7) is 1.08. The summed E-state index contributed by atoms with van der Waals surface area (Å²) in [5.41, 5.74) is 0.00786. The average molecular weight is 464 g/mol. The first-order valence-electron chi connectivity index (χ1n) is 9.62. The summed E-state index contributed by atoms with van der Waals surface area (Å²) in [5.74, 6) is -3.28. The third-order valence-electron chi connectivity index (χ3n) is 5.00. The molecule has 32 heavy (non-hydrogen) atoms. The van der Waals surface area contributed by atoms with Crippen molar-refractivity contribution in [2.75, 3.05) is 0 Å². The zero-order chi connectivity index (χ0) is 23.1. The van der Waals surface area contributed by atoms with Gasteiger partial charge in [0.25, 0.3) is 11.8 Å². The van der Waals surface area contributed by atoms with Crippen molar-refractivity contribution < 1.29 is 26.7 Å². The molecule has 1 aliphatic rings. The van der Waals surface area contributed by atoms with Crippen LogP contribution in [0, 0.1) is 0 Å². The molecule has 2 aromatic carbocycles. The van der Waals surface area contributed by atoms with Gasteiger partial charge in [0.1, 0.15) is 5.69 Å². The highest BCUT2D eigenvalue weighted by Gasteiger charge is 2.36. The fourth-order valence-corrected chi connectivity index (χ4v) is 4.25. The Morgan fingerprint density at radius 2 is 1.69 bits per heavy atom. The van der Waals surface area contributed by atoms with Gasteiger partial charge in [-0.3, -0.25) is 4.79 Å². The number of nitrogens with zero attached hydrogens (tertiary/aromatic N) is 2. The molecule has 3 nitrogen and oxygen atoms in total. The van der Waals surface area contributed by atoms with Crippen LogP contribution >= 0.6 is 11.8 Å². The summed E-state index contributed by atoms with van der Waals surface area (Å²) in [4.78, 5) is 19.1. The lowest BCUT2D eigenvalue weighted by molar-refractivity contribution is -0.141. The molecule has 0 bridgehead atoms. The van der Waals surface area contributed by atoms with Crippen LogP contribution in [-0.2, 0) is 25.2 Å². The largest absolute Gasteiger partial charge is 0.433 e. The van der Waals surface area contributed by atoms with E-state index in [-0.39, 0.29) is 35.8 Å². The van der Waals surface area contributed by atoms with Gasteiger partial charge in [0.05, 0.1) is 17.8 Å². The molecule has 0 atom stereocenters. The molecular formula is C23H17F5N2OS. The summed E-state index contributed by atoms with van der Waals surface area (Å²) in [7, 11) is 0. The normalized spacial score (nSPS) is 14.1. The van der Waals surface area contributed by atoms with E-state index in [0.29, 0.717) is 4.90 Å². The molecule has 0 N–H and O–H groups in total. The number of pyridine rings is 1. The van der Waals surface area contributed by atoms with Crippen molar-refractivity contribution >= 4 is 17.7 Å². The van der Waals surface area contributed by atoms with Crippen LogP contribution in [0.3, 0.4) is 0 Å². The maximum atomic E-state index is 13.5. The molecule has 0 fully saturated rings. The van der Waals surface area contributed by atoms with E-state index in [2.05, 4.69) is 4.98 Å². The fraction of sp³-hybridized carbons (Fsp3) is 0.217. The van der Waals surface area contributed by atoms with Crippen molar-refractivity contribution in [1.82, 2.24) is 9.88 Å². The molecule has 9 heteroatoms. The van der Waals surface area contributed by atoms with E-state index in [1.165, 1.54) is 34.9 Å². The minimum Gasteiger partial charge on any atom is -0.328 e. The van der Waals surface area contributed by atoms with E-state index in [1.807, 2.05) is 12.1 Å². The predicted octanol–water partition coefficient (Wildman–Crippen LogP) is 6.52. The van der Waals surface area contributed by atoms with Crippen LogP contribution in [0.5, 0.6) is 0 Å². The standard InChI is InChI=1S/C23H17F5N2OS/c1-22(24,25)15-3-2-4-17(11-15)32-16-7-5-14(6-8-16)12-30-13-19-18(21(30)31)9-10-20(29-19)23(26,27)28/h2-11H,12-13H2,1H3. The van der Waals surface area contributed by atoms with Gasteiger partial charge in [-0.05, 0) is 42.0 Å². The van der Waals surface area contributed by atoms with Crippen LogP contribution in [0.25, 0.3) is 0 Å². The molecule has 1 amide bonds. The number of amides is 1. The Kier molecular flexibility index (Phi) is 5.70. The lowest BCUT2D eigenvalue weighted by atomic mass is 10.1. The second-order valence-electron chi connectivity index (χ2n) is 7.51. The average Bonchev–Trinajstić information content (AvgIpc) is 3.03. The third-order valence-corrected chi connectivity index (χ3v) is 5.99. The summed E-state index contributed by atoms with van der Waals surface area (Å²) in [6, 6.07) is 15.3. The number of halogens is 5. The first kappa shape index (κ1) is 22.3. The molecule has 4 rings (SSSR count). The number of aromatic nitrogens is 1. The number of hydrogen-bond donors (Lipinski definition) is 0.